The van der Waals surface area contributed by atoms with E-state index in [4.69, 9.17) is 4.98 Å². The average molecular weight is 674 g/mol. The lowest BCUT2D eigenvalue weighted by molar-refractivity contribution is 0.200. The van der Waals surface area contributed by atoms with Gasteiger partial charge in [-0.3, -0.25) is 14.9 Å². The highest BCUT2D eigenvalue weighted by Crippen LogP contribution is 2.30. The van der Waals surface area contributed by atoms with Gasteiger partial charge in [-0.05, 0) is 159 Å². The van der Waals surface area contributed by atoms with Crippen LogP contribution in [0.3, 0.4) is 0 Å². The third-order valence-electron chi connectivity index (χ3n) is 10.0. The van der Waals surface area contributed by atoms with Crippen LogP contribution < -0.4 is 4.90 Å². The second-order valence-corrected chi connectivity index (χ2v) is 14.1. The topological polar surface area (TPSA) is 32.3 Å². The molecule has 1 aliphatic heterocycles. The summed E-state index contributed by atoms with van der Waals surface area (Å²) in [6.45, 7) is 17.1. The van der Waals surface area contributed by atoms with Gasteiger partial charge in [-0.15, -0.1) is 0 Å². The van der Waals surface area contributed by atoms with E-state index < -0.39 is 0 Å². The molecular formula is C41H45BrN4. The molecule has 1 aliphatic rings. The molecule has 1 fully saturated rings. The van der Waals surface area contributed by atoms with Crippen LogP contribution in [-0.4, -0.2) is 34.0 Å². The Morgan fingerprint density at radius 1 is 0.696 bits per heavy atom. The summed E-state index contributed by atoms with van der Waals surface area (Å²) in [7, 11) is 0. The Bertz CT molecular complexity index is 1790. The van der Waals surface area contributed by atoms with Gasteiger partial charge in [0, 0.05) is 72.1 Å². The maximum absolute atomic E-state index is 4.78. The molecule has 0 amide bonds. The highest BCUT2D eigenvalue weighted by atomic mass is 79.9. The first kappa shape index (κ1) is 32.2. The number of halogens is 1. The number of aromatic nitrogens is 2. The highest BCUT2D eigenvalue weighted by Gasteiger charge is 2.26. The molecule has 236 valence electrons. The van der Waals surface area contributed by atoms with E-state index in [2.05, 4.69) is 139 Å². The number of likely N-dealkylation sites (tertiary alicyclic amines) is 1. The molecule has 0 N–H and O–H groups in total. The Morgan fingerprint density at radius 2 is 1.30 bits per heavy atom. The van der Waals surface area contributed by atoms with Gasteiger partial charge in [0.1, 0.15) is 0 Å². The van der Waals surface area contributed by atoms with Crippen LogP contribution in [-0.2, 0) is 13.1 Å². The maximum atomic E-state index is 4.78. The number of hydrogen-bond donors (Lipinski definition) is 0. The summed E-state index contributed by atoms with van der Waals surface area (Å²) in [4.78, 5) is 14.6. The summed E-state index contributed by atoms with van der Waals surface area (Å²) >= 11 is 3.64. The number of piperidine rings is 1. The first-order valence-corrected chi connectivity index (χ1v) is 17.2. The zero-order valence-electron chi connectivity index (χ0n) is 28.1. The van der Waals surface area contributed by atoms with Crippen molar-refractivity contribution in [2.24, 2.45) is 0 Å². The Kier molecular flexibility index (Phi) is 9.72. The van der Waals surface area contributed by atoms with Gasteiger partial charge >= 0.3 is 0 Å². The minimum absolute atomic E-state index is 0.459. The van der Waals surface area contributed by atoms with Crippen molar-refractivity contribution in [2.45, 2.75) is 73.5 Å². The number of anilines is 1. The first-order chi connectivity index (χ1) is 22.1. The summed E-state index contributed by atoms with van der Waals surface area (Å²) in [6, 6.07) is 25.2. The van der Waals surface area contributed by atoms with E-state index in [0.717, 1.165) is 49.2 Å². The Morgan fingerprint density at radius 3 is 1.93 bits per heavy atom. The lowest BCUT2D eigenvalue weighted by atomic mass is 9.96. The van der Waals surface area contributed by atoms with Crippen LogP contribution in [0.4, 0.5) is 5.69 Å². The molecule has 0 spiro atoms. The van der Waals surface area contributed by atoms with Crippen LogP contribution in [0.1, 0.15) is 57.3 Å². The number of rotatable bonds is 8. The second kappa shape index (κ2) is 13.9. The summed E-state index contributed by atoms with van der Waals surface area (Å²) in [5.74, 6) is 0. The fourth-order valence-corrected chi connectivity index (χ4v) is 7.02. The number of benzene rings is 3. The third kappa shape index (κ3) is 7.27. The van der Waals surface area contributed by atoms with E-state index in [0.29, 0.717) is 6.04 Å². The summed E-state index contributed by atoms with van der Waals surface area (Å²) in [6.07, 6.45) is 8.25. The Hall–Kier alpha value is -3.80. The Labute approximate surface area is 283 Å². The predicted octanol–water partition coefficient (Wildman–Crippen LogP) is 10.1. The van der Waals surface area contributed by atoms with Crippen LogP contribution in [0.15, 0.2) is 89.8 Å². The second-order valence-electron chi connectivity index (χ2n) is 13.2. The molecule has 0 bridgehead atoms. The van der Waals surface area contributed by atoms with Gasteiger partial charge < -0.3 is 4.90 Å². The van der Waals surface area contributed by atoms with Crippen LogP contribution in [0, 0.1) is 41.5 Å². The largest absolute Gasteiger partial charge is 0.364 e. The predicted molar refractivity (Wildman–Crippen MR) is 196 cm³/mol. The van der Waals surface area contributed by atoms with Crippen molar-refractivity contribution < 1.29 is 0 Å². The molecule has 0 radical (unpaired) electrons. The number of pyridine rings is 2. The van der Waals surface area contributed by atoms with Gasteiger partial charge in [-0.25, -0.2) is 0 Å². The number of nitrogens with zero attached hydrogens (tertiary/aromatic N) is 4. The molecule has 0 atom stereocenters. The molecule has 0 saturated carbocycles. The third-order valence-corrected chi connectivity index (χ3v) is 10.5. The molecule has 6 rings (SSSR count). The van der Waals surface area contributed by atoms with E-state index in [1.165, 1.54) is 66.9 Å². The molecule has 46 heavy (non-hydrogen) atoms. The molecular weight excluding hydrogens is 628 g/mol. The normalized spacial score (nSPS) is 14.1. The lowest BCUT2D eigenvalue weighted by Gasteiger charge is -2.40. The van der Waals surface area contributed by atoms with E-state index in [9.17, 15) is 0 Å². The lowest BCUT2D eigenvalue weighted by Crippen LogP contribution is -2.44. The number of hydrogen-bond acceptors (Lipinski definition) is 4. The van der Waals surface area contributed by atoms with Gasteiger partial charge in [-0.1, -0.05) is 28.1 Å². The van der Waals surface area contributed by atoms with Gasteiger partial charge in [-0.2, -0.15) is 0 Å². The summed E-state index contributed by atoms with van der Waals surface area (Å²) in [5.41, 5.74) is 16.5. The fourth-order valence-electron chi connectivity index (χ4n) is 6.76. The minimum Gasteiger partial charge on any atom is -0.364 e. The van der Waals surface area contributed by atoms with Crippen LogP contribution >= 0.6 is 15.9 Å². The SMILES string of the molecule is Cc1cc(-c2cncc(CN3CCC(N(Cc4ccnc(-c5cc(C)c(C)c(C)c5)c4)c4ccc(Br)cc4)CC3)c2)cc(C)c1C. The van der Waals surface area contributed by atoms with Crippen LogP contribution in [0.5, 0.6) is 0 Å². The molecule has 3 heterocycles. The number of aryl methyl sites for hydroxylation is 4. The molecule has 0 aliphatic carbocycles. The molecule has 5 aromatic rings. The molecule has 2 aromatic heterocycles. The van der Waals surface area contributed by atoms with Gasteiger partial charge in [0.25, 0.3) is 0 Å². The van der Waals surface area contributed by atoms with E-state index >= 15 is 0 Å². The fraction of sp³-hybridized carbons (Fsp3) is 0.317. The van der Waals surface area contributed by atoms with Gasteiger partial charge in [0.15, 0.2) is 0 Å². The molecule has 0 unspecified atom stereocenters. The van der Waals surface area contributed by atoms with Crippen molar-refractivity contribution >= 4 is 21.6 Å². The van der Waals surface area contributed by atoms with E-state index in [1.807, 2.05) is 18.6 Å². The van der Waals surface area contributed by atoms with Gasteiger partial charge in [0.05, 0.1) is 5.69 Å². The summed E-state index contributed by atoms with van der Waals surface area (Å²) in [5, 5.41) is 0. The monoisotopic (exact) mass is 672 g/mol. The van der Waals surface area contributed by atoms with Crippen molar-refractivity contribution in [3.8, 4) is 22.4 Å². The zero-order chi connectivity index (χ0) is 32.4. The molecule has 1 saturated heterocycles. The van der Waals surface area contributed by atoms with Crippen molar-refractivity contribution in [1.29, 1.82) is 0 Å². The quantitative estimate of drug-likeness (QED) is 0.164. The van der Waals surface area contributed by atoms with Crippen molar-refractivity contribution in [1.82, 2.24) is 14.9 Å². The smallest absolute Gasteiger partial charge is 0.0705 e. The van der Waals surface area contributed by atoms with Crippen molar-refractivity contribution in [2.75, 3.05) is 18.0 Å². The highest BCUT2D eigenvalue weighted by molar-refractivity contribution is 9.10. The van der Waals surface area contributed by atoms with Crippen LogP contribution in [0.25, 0.3) is 22.4 Å². The maximum Gasteiger partial charge on any atom is 0.0705 e. The van der Waals surface area contributed by atoms with Crippen LogP contribution in [0.2, 0.25) is 0 Å². The average Bonchev–Trinajstić information content (AvgIpc) is 3.06. The van der Waals surface area contributed by atoms with Gasteiger partial charge in [0.2, 0.25) is 0 Å². The minimum atomic E-state index is 0.459. The Balaban J connectivity index is 1.17. The van der Waals surface area contributed by atoms with Crippen molar-refractivity contribution in [3.63, 3.8) is 0 Å². The van der Waals surface area contributed by atoms with Crippen molar-refractivity contribution in [3.05, 3.63) is 134 Å². The molecule has 4 nitrogen and oxygen atoms in total. The standard InChI is InChI=1S/C41H45BrN4/c1-27-17-35(18-28(2)31(27)5)37-21-34(23-43-24-37)25-45-15-12-40(13-16-45)46(39-9-7-38(42)8-10-39)26-33-11-14-44-41(22-33)36-19-29(3)32(6)30(4)20-36/h7-11,14,17-24,40H,12-13,15-16,25-26H2,1-6H3. The van der Waals surface area contributed by atoms with E-state index in [-0.39, 0.29) is 0 Å². The summed E-state index contributed by atoms with van der Waals surface area (Å²) < 4.78 is 1.11. The molecule has 5 heteroatoms. The molecule has 3 aromatic carbocycles. The van der Waals surface area contributed by atoms with E-state index in [1.54, 1.807) is 0 Å². The zero-order valence-corrected chi connectivity index (χ0v) is 29.7. The first-order valence-electron chi connectivity index (χ1n) is 16.4.